The minimum atomic E-state index is -0.250. The predicted molar refractivity (Wildman–Crippen MR) is 97.3 cm³/mol. The van der Waals surface area contributed by atoms with Crippen molar-refractivity contribution in [2.45, 2.75) is 25.8 Å². The van der Waals surface area contributed by atoms with Gasteiger partial charge in [-0.15, -0.1) is 0 Å². The monoisotopic (exact) mass is 337 g/mol. The molecule has 0 bridgehead atoms. The lowest BCUT2D eigenvalue weighted by Crippen LogP contribution is -2.18. The van der Waals surface area contributed by atoms with Crippen molar-refractivity contribution >= 4 is 16.7 Å². The minimum absolute atomic E-state index is 0.250. The largest absolute Gasteiger partial charge is 0.494 e. The van der Waals surface area contributed by atoms with Gasteiger partial charge in [-0.2, -0.15) is 0 Å². The molecule has 0 amide bonds. The molecule has 1 saturated carbocycles. The molecule has 1 atom stereocenters. The third-order valence-electron chi connectivity index (χ3n) is 4.79. The second kappa shape index (κ2) is 6.31. The van der Waals surface area contributed by atoms with E-state index in [2.05, 4.69) is 22.2 Å². The normalized spacial score (nSPS) is 15.2. The number of nitrogens with zero attached hydrogens (tertiary/aromatic N) is 2. The Labute approximate surface area is 146 Å². The molecule has 5 heteroatoms. The first-order valence-electron chi connectivity index (χ1n) is 8.51. The molecule has 1 heterocycles. The number of fused-ring (bicyclic) bond motifs is 1. The topological polar surface area (TPSA) is 47.0 Å². The minimum Gasteiger partial charge on any atom is -0.494 e. The zero-order valence-electron chi connectivity index (χ0n) is 14.3. The fourth-order valence-corrected chi connectivity index (χ4v) is 3.14. The van der Waals surface area contributed by atoms with Gasteiger partial charge in [-0.25, -0.2) is 14.4 Å². The Hall–Kier alpha value is -2.69. The number of hydrogen-bond acceptors (Lipinski definition) is 4. The molecule has 4 nitrogen and oxygen atoms in total. The number of halogens is 1. The van der Waals surface area contributed by atoms with Crippen LogP contribution in [-0.2, 0) is 0 Å². The lowest BCUT2D eigenvalue weighted by atomic mass is 10.0. The molecule has 2 aromatic carbocycles. The van der Waals surface area contributed by atoms with Crippen LogP contribution >= 0.6 is 0 Å². The summed E-state index contributed by atoms with van der Waals surface area (Å²) in [7, 11) is 1.63. The molecule has 4 rings (SSSR count). The number of aromatic nitrogens is 2. The van der Waals surface area contributed by atoms with E-state index in [4.69, 9.17) is 4.74 Å². The van der Waals surface area contributed by atoms with Crippen LogP contribution in [0.25, 0.3) is 22.0 Å². The van der Waals surface area contributed by atoms with Crippen LogP contribution in [0.2, 0.25) is 0 Å². The SMILES string of the molecule is COc1cc(-c2ccc(F)cc2)cc2c(NC(C)C3CC3)ncnc12. The lowest BCUT2D eigenvalue weighted by molar-refractivity contribution is 0.419. The van der Waals surface area contributed by atoms with Gasteiger partial charge >= 0.3 is 0 Å². The van der Waals surface area contributed by atoms with Crippen LogP contribution in [0, 0.1) is 11.7 Å². The van der Waals surface area contributed by atoms with Crippen molar-refractivity contribution in [1.82, 2.24) is 9.97 Å². The Morgan fingerprint density at radius 3 is 2.56 bits per heavy atom. The van der Waals surface area contributed by atoms with Gasteiger partial charge in [-0.1, -0.05) is 12.1 Å². The maximum absolute atomic E-state index is 13.2. The first kappa shape index (κ1) is 15.8. The zero-order chi connectivity index (χ0) is 17.4. The molecule has 0 saturated heterocycles. The Balaban J connectivity index is 1.83. The van der Waals surface area contributed by atoms with Crippen molar-refractivity contribution in [3.63, 3.8) is 0 Å². The molecule has 1 aromatic heterocycles. The van der Waals surface area contributed by atoms with Crippen LogP contribution in [-0.4, -0.2) is 23.1 Å². The highest BCUT2D eigenvalue weighted by molar-refractivity contribution is 5.96. The summed E-state index contributed by atoms with van der Waals surface area (Å²) in [4.78, 5) is 8.84. The quantitative estimate of drug-likeness (QED) is 0.736. The van der Waals surface area contributed by atoms with Crippen LogP contribution in [0.1, 0.15) is 19.8 Å². The van der Waals surface area contributed by atoms with E-state index in [9.17, 15) is 4.39 Å². The van der Waals surface area contributed by atoms with E-state index in [0.29, 0.717) is 17.7 Å². The summed E-state index contributed by atoms with van der Waals surface area (Å²) in [6.45, 7) is 2.19. The van der Waals surface area contributed by atoms with Gasteiger partial charge in [0.2, 0.25) is 0 Å². The highest BCUT2D eigenvalue weighted by Crippen LogP contribution is 2.37. The highest BCUT2D eigenvalue weighted by Gasteiger charge is 2.28. The molecule has 0 aliphatic heterocycles. The van der Waals surface area contributed by atoms with Gasteiger partial charge in [0, 0.05) is 11.4 Å². The van der Waals surface area contributed by atoms with Crippen molar-refractivity contribution < 1.29 is 9.13 Å². The van der Waals surface area contributed by atoms with Crippen molar-refractivity contribution in [3.05, 3.63) is 48.5 Å². The molecular formula is C20H20FN3O. The van der Waals surface area contributed by atoms with E-state index in [1.807, 2.05) is 12.1 Å². The van der Waals surface area contributed by atoms with E-state index < -0.39 is 0 Å². The van der Waals surface area contributed by atoms with Crippen molar-refractivity contribution in [2.24, 2.45) is 5.92 Å². The number of benzene rings is 2. The Bertz CT molecular complexity index is 907. The molecular weight excluding hydrogens is 317 g/mol. The van der Waals surface area contributed by atoms with Gasteiger partial charge < -0.3 is 10.1 Å². The number of methoxy groups -OCH3 is 1. The van der Waals surface area contributed by atoms with Gasteiger partial charge in [0.05, 0.1) is 7.11 Å². The van der Waals surface area contributed by atoms with Crippen molar-refractivity contribution in [2.75, 3.05) is 12.4 Å². The van der Waals surface area contributed by atoms with Crippen LogP contribution in [0.3, 0.4) is 0 Å². The fourth-order valence-electron chi connectivity index (χ4n) is 3.14. The molecule has 1 aliphatic rings. The summed E-state index contributed by atoms with van der Waals surface area (Å²) in [6.07, 6.45) is 4.09. The molecule has 3 aromatic rings. The van der Waals surface area contributed by atoms with Crippen LogP contribution in [0.5, 0.6) is 5.75 Å². The summed E-state index contributed by atoms with van der Waals surface area (Å²) < 4.78 is 18.8. The lowest BCUT2D eigenvalue weighted by Gasteiger charge is -2.16. The van der Waals surface area contributed by atoms with Crippen molar-refractivity contribution in [1.29, 1.82) is 0 Å². The van der Waals surface area contributed by atoms with Crippen molar-refractivity contribution in [3.8, 4) is 16.9 Å². The maximum atomic E-state index is 13.2. The third-order valence-corrected chi connectivity index (χ3v) is 4.79. The molecule has 1 unspecified atom stereocenters. The standard InChI is InChI=1S/C20H20FN3O/c1-12(13-3-4-13)24-20-17-9-15(14-5-7-16(21)8-6-14)10-18(25-2)19(17)22-11-23-20/h5-13H,3-4H2,1-2H3,(H,22,23,24). The Morgan fingerprint density at radius 1 is 1.12 bits per heavy atom. The number of rotatable bonds is 5. The Kier molecular flexibility index (Phi) is 3.99. The zero-order valence-corrected chi connectivity index (χ0v) is 14.3. The molecule has 0 radical (unpaired) electrons. The van der Waals surface area contributed by atoms with E-state index in [1.165, 1.54) is 25.0 Å². The molecule has 25 heavy (non-hydrogen) atoms. The van der Waals surface area contributed by atoms with Gasteiger partial charge in [-0.3, -0.25) is 0 Å². The maximum Gasteiger partial charge on any atom is 0.145 e. The predicted octanol–water partition coefficient (Wildman–Crippen LogP) is 4.65. The van der Waals surface area contributed by atoms with E-state index in [-0.39, 0.29) is 5.82 Å². The fraction of sp³-hybridized carbons (Fsp3) is 0.300. The third kappa shape index (κ3) is 3.14. The van der Waals surface area contributed by atoms with Crippen LogP contribution in [0.4, 0.5) is 10.2 Å². The van der Waals surface area contributed by atoms with Gasteiger partial charge in [0.25, 0.3) is 0 Å². The van der Waals surface area contributed by atoms with Gasteiger partial charge in [0.1, 0.15) is 29.2 Å². The Morgan fingerprint density at radius 2 is 1.88 bits per heavy atom. The van der Waals surface area contributed by atoms with Crippen LogP contribution < -0.4 is 10.1 Å². The van der Waals surface area contributed by atoms with E-state index >= 15 is 0 Å². The highest BCUT2D eigenvalue weighted by atomic mass is 19.1. The second-order valence-corrected chi connectivity index (χ2v) is 6.57. The first-order chi connectivity index (χ1) is 12.2. The summed E-state index contributed by atoms with van der Waals surface area (Å²) in [5, 5.41) is 4.43. The molecule has 1 aliphatic carbocycles. The summed E-state index contributed by atoms with van der Waals surface area (Å²) in [5.74, 6) is 1.96. The van der Waals surface area contributed by atoms with Crippen LogP contribution in [0.15, 0.2) is 42.7 Å². The van der Waals surface area contributed by atoms with E-state index in [1.54, 1.807) is 25.6 Å². The number of nitrogens with one attached hydrogen (secondary N) is 1. The average Bonchev–Trinajstić information content (AvgIpc) is 3.47. The summed E-state index contributed by atoms with van der Waals surface area (Å²) in [6, 6.07) is 10.8. The number of ether oxygens (including phenoxy) is 1. The average molecular weight is 337 g/mol. The van der Waals surface area contributed by atoms with E-state index in [0.717, 1.165) is 27.8 Å². The summed E-state index contributed by atoms with van der Waals surface area (Å²) in [5.41, 5.74) is 2.64. The number of anilines is 1. The van der Waals surface area contributed by atoms with Gasteiger partial charge in [-0.05, 0) is 61.1 Å². The molecule has 0 spiro atoms. The molecule has 128 valence electrons. The number of hydrogen-bond donors (Lipinski definition) is 1. The first-order valence-corrected chi connectivity index (χ1v) is 8.51. The smallest absolute Gasteiger partial charge is 0.145 e. The van der Waals surface area contributed by atoms with Gasteiger partial charge in [0.15, 0.2) is 0 Å². The summed E-state index contributed by atoms with van der Waals surface area (Å²) >= 11 is 0. The molecule has 1 fully saturated rings. The molecule has 1 N–H and O–H groups in total. The second-order valence-electron chi connectivity index (χ2n) is 6.57.